The largest absolute Gasteiger partial charge is 0.493 e. The maximum Gasteiger partial charge on any atom is 0.418 e. The number of alkyl halides is 3. The van der Waals surface area contributed by atoms with Gasteiger partial charge in [-0.15, -0.1) is 0 Å². The Morgan fingerprint density at radius 2 is 1.82 bits per heavy atom. The first-order valence-electron chi connectivity index (χ1n) is 11.2. The van der Waals surface area contributed by atoms with Crippen LogP contribution < -0.4 is 10.1 Å². The van der Waals surface area contributed by atoms with Crippen molar-refractivity contribution in [3.05, 3.63) is 64.6 Å². The molecule has 0 saturated heterocycles. The van der Waals surface area contributed by atoms with Gasteiger partial charge in [0.05, 0.1) is 18.7 Å². The summed E-state index contributed by atoms with van der Waals surface area (Å²) in [5.74, 6) is -0.120. The van der Waals surface area contributed by atoms with Crippen molar-refractivity contribution in [2.75, 3.05) is 18.5 Å². The molecule has 0 radical (unpaired) electrons. The van der Waals surface area contributed by atoms with Gasteiger partial charge in [-0.2, -0.15) is 13.2 Å². The van der Waals surface area contributed by atoms with E-state index in [1.807, 2.05) is 13.0 Å². The molecule has 1 atom stereocenters. The molecule has 0 spiro atoms. The fourth-order valence-electron chi connectivity index (χ4n) is 4.75. The number of hydrogen-bond donors (Lipinski definition) is 2. The van der Waals surface area contributed by atoms with Crippen molar-refractivity contribution in [1.82, 2.24) is 4.98 Å². The Kier molecular flexibility index (Phi) is 6.00. The predicted molar refractivity (Wildman–Crippen MR) is 124 cm³/mol. The Morgan fingerprint density at radius 1 is 1.09 bits per heavy atom. The molecule has 0 amide bonds. The predicted octanol–water partition coefficient (Wildman–Crippen LogP) is 6.00. The summed E-state index contributed by atoms with van der Waals surface area (Å²) >= 11 is 0. The number of ether oxygens (including phenoxy) is 1. The molecule has 0 unspecified atom stereocenters. The first kappa shape index (κ1) is 24.3. The van der Waals surface area contributed by atoms with E-state index in [9.17, 15) is 22.7 Å². The van der Waals surface area contributed by atoms with Crippen LogP contribution >= 0.6 is 0 Å². The minimum Gasteiger partial charge on any atom is -0.493 e. The lowest BCUT2D eigenvalue weighted by Gasteiger charge is -2.38. The quantitative estimate of drug-likeness (QED) is 0.429. The Labute approximate surface area is 196 Å². The maximum absolute atomic E-state index is 14.3. The van der Waals surface area contributed by atoms with Crippen molar-refractivity contribution in [1.29, 1.82) is 0 Å². The highest BCUT2D eigenvalue weighted by molar-refractivity contribution is 5.93. The lowest BCUT2D eigenvalue weighted by molar-refractivity contribution is -0.260. The van der Waals surface area contributed by atoms with E-state index >= 15 is 0 Å². The zero-order valence-electron chi connectivity index (χ0n) is 19.6. The Balaban J connectivity index is 1.68. The van der Waals surface area contributed by atoms with Crippen LogP contribution in [0, 0.1) is 19.7 Å². The number of aryl methyl sites for hydroxylation is 2. The Morgan fingerprint density at radius 3 is 2.53 bits per heavy atom. The van der Waals surface area contributed by atoms with E-state index in [1.54, 1.807) is 39.0 Å². The van der Waals surface area contributed by atoms with Gasteiger partial charge in [-0.3, -0.25) is 4.98 Å². The van der Waals surface area contributed by atoms with Crippen LogP contribution in [0.15, 0.2) is 36.4 Å². The van der Waals surface area contributed by atoms with E-state index in [4.69, 9.17) is 4.74 Å². The van der Waals surface area contributed by atoms with Crippen LogP contribution in [0.1, 0.15) is 42.7 Å². The molecule has 3 aromatic rings. The van der Waals surface area contributed by atoms with Gasteiger partial charge in [0.25, 0.3) is 0 Å². The topological polar surface area (TPSA) is 54.4 Å². The highest BCUT2D eigenvalue weighted by Crippen LogP contribution is 2.46. The van der Waals surface area contributed by atoms with E-state index in [1.165, 1.54) is 12.1 Å². The van der Waals surface area contributed by atoms with Crippen molar-refractivity contribution in [2.24, 2.45) is 0 Å². The molecule has 4 nitrogen and oxygen atoms in total. The Bertz CT molecular complexity index is 1240. The molecule has 2 aromatic carbocycles. The number of anilines is 1. The number of pyridine rings is 1. The average Bonchev–Trinajstić information content (AvgIpc) is 3.19. The number of nitrogens with zero attached hydrogens (tertiary/aromatic N) is 1. The van der Waals surface area contributed by atoms with E-state index in [0.29, 0.717) is 46.5 Å². The fraction of sp³-hybridized carbons (Fsp3) is 0.423. The van der Waals surface area contributed by atoms with Crippen molar-refractivity contribution < 1.29 is 27.4 Å². The van der Waals surface area contributed by atoms with Crippen LogP contribution in [0.25, 0.3) is 10.9 Å². The Hall–Kier alpha value is -2.87. The molecule has 2 heterocycles. The third kappa shape index (κ3) is 4.43. The molecule has 0 saturated carbocycles. The van der Waals surface area contributed by atoms with E-state index in [0.717, 1.165) is 11.3 Å². The van der Waals surface area contributed by atoms with Gasteiger partial charge in [-0.1, -0.05) is 19.9 Å². The van der Waals surface area contributed by atoms with Gasteiger partial charge in [0.1, 0.15) is 11.6 Å². The lowest BCUT2D eigenvalue weighted by Crippen LogP contribution is -2.53. The van der Waals surface area contributed by atoms with Gasteiger partial charge < -0.3 is 15.2 Å². The van der Waals surface area contributed by atoms with Gasteiger partial charge in [0, 0.05) is 34.3 Å². The van der Waals surface area contributed by atoms with Crippen LogP contribution in [0.5, 0.6) is 5.75 Å². The summed E-state index contributed by atoms with van der Waals surface area (Å²) in [6.45, 7) is 6.33. The van der Waals surface area contributed by atoms with Gasteiger partial charge in [-0.25, -0.2) is 4.39 Å². The second-order valence-electron chi connectivity index (χ2n) is 9.76. The number of fused-ring (bicyclic) bond motifs is 2. The number of hydrogen-bond acceptors (Lipinski definition) is 4. The van der Waals surface area contributed by atoms with Crippen molar-refractivity contribution >= 4 is 16.6 Å². The average molecular weight is 477 g/mol. The minimum absolute atomic E-state index is 0.323. The number of aliphatic hydroxyl groups is 1. The normalized spacial score (nSPS) is 15.7. The third-order valence-electron chi connectivity index (χ3n) is 6.52. The van der Waals surface area contributed by atoms with Crippen LogP contribution in [0.4, 0.5) is 23.2 Å². The molecule has 0 bridgehead atoms. The fourth-order valence-corrected chi connectivity index (χ4v) is 4.75. The molecule has 1 aromatic heterocycles. The summed E-state index contributed by atoms with van der Waals surface area (Å²) in [6.07, 6.45) is -5.12. The zero-order valence-corrected chi connectivity index (χ0v) is 19.6. The molecule has 0 aliphatic carbocycles. The molecule has 4 rings (SSSR count). The van der Waals surface area contributed by atoms with Crippen LogP contribution in [-0.4, -0.2) is 35.0 Å². The summed E-state index contributed by atoms with van der Waals surface area (Å²) < 4.78 is 62.7. The maximum atomic E-state index is 14.3. The van der Waals surface area contributed by atoms with Crippen LogP contribution in [0.3, 0.4) is 0 Å². The zero-order chi connectivity index (χ0) is 24.9. The third-order valence-corrected chi connectivity index (χ3v) is 6.52. The number of rotatable bonds is 6. The number of benzene rings is 2. The first-order chi connectivity index (χ1) is 15.8. The highest BCUT2D eigenvalue weighted by atomic mass is 19.4. The summed E-state index contributed by atoms with van der Waals surface area (Å²) in [5.41, 5.74) is -0.693. The van der Waals surface area contributed by atoms with Gasteiger partial charge >= 0.3 is 6.18 Å². The van der Waals surface area contributed by atoms with Crippen LogP contribution in [-0.2, 0) is 11.8 Å². The summed E-state index contributed by atoms with van der Waals surface area (Å²) in [5, 5.41) is 14.5. The summed E-state index contributed by atoms with van der Waals surface area (Å²) in [4.78, 5) is 4.44. The van der Waals surface area contributed by atoms with E-state index in [-0.39, 0.29) is 0 Å². The molecule has 1 aliphatic rings. The molecule has 2 N–H and O–H groups in total. The molecule has 1 aliphatic heterocycles. The SMILES string of the molecule is Cc1ccc2c(NC[C@@](O)(CC(C)(C)c3cc(F)cc4c3OCC4)C(F)(F)F)c(C)ccc2n1. The highest BCUT2D eigenvalue weighted by Gasteiger charge is 2.56. The second-order valence-corrected chi connectivity index (χ2v) is 9.76. The van der Waals surface area contributed by atoms with Gasteiger partial charge in [-0.05, 0) is 61.6 Å². The van der Waals surface area contributed by atoms with Gasteiger partial charge in [0.2, 0.25) is 0 Å². The number of halogens is 4. The van der Waals surface area contributed by atoms with Crippen molar-refractivity contribution in [3.8, 4) is 5.75 Å². The van der Waals surface area contributed by atoms with E-state index in [2.05, 4.69) is 10.3 Å². The molecule has 182 valence electrons. The monoisotopic (exact) mass is 476 g/mol. The lowest BCUT2D eigenvalue weighted by atomic mass is 9.74. The van der Waals surface area contributed by atoms with E-state index < -0.39 is 36.0 Å². The standard InChI is InChI=1S/C26H28F4N2O2/c1-15-5-8-21-19(7-6-16(2)32-21)22(15)31-14-25(33,26(28,29)30)13-24(3,4)20-12-18(27)11-17-9-10-34-23(17)20/h5-8,11-12,31,33H,9-10,13-14H2,1-4H3/t25-/m0/s1. The smallest absolute Gasteiger partial charge is 0.418 e. The molecular formula is C26H28F4N2O2. The first-order valence-corrected chi connectivity index (χ1v) is 11.2. The minimum atomic E-state index is -4.93. The van der Waals surface area contributed by atoms with Crippen LogP contribution in [0.2, 0.25) is 0 Å². The van der Waals surface area contributed by atoms with Gasteiger partial charge in [0.15, 0.2) is 5.60 Å². The summed E-state index contributed by atoms with van der Waals surface area (Å²) in [6, 6.07) is 9.73. The summed E-state index contributed by atoms with van der Waals surface area (Å²) in [7, 11) is 0. The molecule has 34 heavy (non-hydrogen) atoms. The van der Waals surface area contributed by atoms with Crippen molar-refractivity contribution in [2.45, 2.75) is 57.7 Å². The number of aromatic nitrogens is 1. The molecule has 0 fully saturated rings. The van der Waals surface area contributed by atoms with Crippen molar-refractivity contribution in [3.63, 3.8) is 0 Å². The molecule has 8 heteroatoms. The number of nitrogens with one attached hydrogen (secondary N) is 1. The molecular weight excluding hydrogens is 448 g/mol. The second kappa shape index (κ2) is 8.41.